The number of nitrogens with zero attached hydrogens (tertiary/aromatic N) is 3. The lowest BCUT2D eigenvalue weighted by molar-refractivity contribution is -0.122. The Kier molecular flexibility index (Phi) is 7.39. The molecule has 3 aromatic rings. The highest BCUT2D eigenvalue weighted by atomic mass is 35.5. The number of aryl methyl sites for hydroxylation is 1. The summed E-state index contributed by atoms with van der Waals surface area (Å²) in [7, 11) is 0. The molecule has 32 heavy (non-hydrogen) atoms. The first-order valence-corrected chi connectivity index (χ1v) is 12.2. The van der Waals surface area contributed by atoms with Crippen molar-refractivity contribution >= 4 is 57.3 Å². The smallest absolute Gasteiger partial charge is 0.231 e. The molecule has 0 aliphatic carbocycles. The quantitative estimate of drug-likeness (QED) is 0.272. The highest BCUT2D eigenvalue weighted by Gasteiger charge is 2.35. The van der Waals surface area contributed by atoms with E-state index in [1.807, 2.05) is 18.2 Å². The zero-order chi connectivity index (χ0) is 22.5. The molecule has 2 amide bonds. The van der Waals surface area contributed by atoms with Gasteiger partial charge in [-0.2, -0.15) is 0 Å². The summed E-state index contributed by atoms with van der Waals surface area (Å²) in [6, 6.07) is 14.4. The normalized spacial score (nSPS) is 15.9. The van der Waals surface area contributed by atoms with Crippen LogP contribution in [0.3, 0.4) is 0 Å². The van der Waals surface area contributed by atoms with E-state index in [0.717, 1.165) is 22.9 Å². The van der Waals surface area contributed by atoms with Gasteiger partial charge in [0.1, 0.15) is 5.82 Å². The van der Waals surface area contributed by atoms with Gasteiger partial charge in [0, 0.05) is 24.4 Å². The predicted octanol–water partition coefficient (Wildman–Crippen LogP) is 5.05. The molecular formula is C22H20ClFN4O2S2. The Morgan fingerprint density at radius 1 is 1.25 bits per heavy atom. The first-order chi connectivity index (χ1) is 15.5. The topological polar surface area (TPSA) is 75.2 Å². The van der Waals surface area contributed by atoms with Crippen LogP contribution in [0.5, 0.6) is 0 Å². The van der Waals surface area contributed by atoms with Gasteiger partial charge in [0.2, 0.25) is 16.9 Å². The fraction of sp³-hybridized carbons (Fsp3) is 0.273. The number of halogens is 2. The van der Waals surface area contributed by atoms with Gasteiger partial charge in [-0.1, -0.05) is 65.0 Å². The van der Waals surface area contributed by atoms with Crippen LogP contribution >= 0.6 is 34.7 Å². The van der Waals surface area contributed by atoms with E-state index in [1.54, 1.807) is 11.8 Å². The lowest BCUT2D eigenvalue weighted by Crippen LogP contribution is -2.28. The van der Waals surface area contributed by atoms with Crippen molar-refractivity contribution in [3.63, 3.8) is 0 Å². The lowest BCUT2D eigenvalue weighted by Gasteiger charge is -2.17. The molecule has 1 saturated heterocycles. The summed E-state index contributed by atoms with van der Waals surface area (Å²) in [6.07, 6.45) is 2.09. The summed E-state index contributed by atoms with van der Waals surface area (Å²) in [5.41, 5.74) is 1.78. The van der Waals surface area contributed by atoms with Gasteiger partial charge in [-0.3, -0.25) is 9.59 Å². The van der Waals surface area contributed by atoms with Gasteiger partial charge in [-0.05, 0) is 36.6 Å². The summed E-state index contributed by atoms with van der Waals surface area (Å²) >= 11 is 8.74. The van der Waals surface area contributed by atoms with Gasteiger partial charge in [0.05, 0.1) is 10.9 Å². The Balaban J connectivity index is 1.26. The van der Waals surface area contributed by atoms with Gasteiger partial charge in [-0.15, -0.1) is 10.2 Å². The Bertz CT molecular complexity index is 1110. The van der Waals surface area contributed by atoms with E-state index in [9.17, 15) is 14.0 Å². The lowest BCUT2D eigenvalue weighted by atomic mass is 10.1. The van der Waals surface area contributed by atoms with Gasteiger partial charge in [0.15, 0.2) is 4.34 Å². The molecule has 1 N–H and O–H groups in total. The van der Waals surface area contributed by atoms with Crippen molar-refractivity contribution in [3.8, 4) is 0 Å². The molecule has 10 heteroatoms. The molecule has 2 aromatic carbocycles. The Morgan fingerprint density at radius 3 is 2.84 bits per heavy atom. The molecule has 1 aromatic heterocycles. The number of nitrogens with one attached hydrogen (secondary N) is 1. The minimum atomic E-state index is -0.554. The SMILES string of the molecule is O=C(Nc1nnc(SCCCc2ccccc2)s1)C1CC(=O)N(c2ccc(F)c(Cl)c2)C1. The molecule has 1 aliphatic rings. The largest absolute Gasteiger partial charge is 0.312 e. The number of hydrogen-bond donors (Lipinski definition) is 1. The summed E-state index contributed by atoms with van der Waals surface area (Å²) in [5, 5.41) is 11.3. The number of amides is 2. The number of aromatic nitrogens is 2. The minimum absolute atomic E-state index is 0.0640. The maximum Gasteiger partial charge on any atom is 0.231 e. The summed E-state index contributed by atoms with van der Waals surface area (Å²) in [6.45, 7) is 0.201. The molecule has 0 saturated carbocycles. The zero-order valence-electron chi connectivity index (χ0n) is 17.0. The molecule has 1 unspecified atom stereocenters. The fourth-order valence-corrected chi connectivity index (χ4v) is 5.33. The number of benzene rings is 2. The fourth-order valence-electron chi connectivity index (χ4n) is 3.39. The number of thioether (sulfide) groups is 1. The van der Waals surface area contributed by atoms with Gasteiger partial charge >= 0.3 is 0 Å². The van der Waals surface area contributed by atoms with Crippen molar-refractivity contribution in [2.45, 2.75) is 23.6 Å². The van der Waals surface area contributed by atoms with E-state index in [1.165, 1.54) is 40.0 Å². The predicted molar refractivity (Wildman–Crippen MR) is 126 cm³/mol. The van der Waals surface area contributed by atoms with Crippen LogP contribution in [-0.2, 0) is 16.0 Å². The van der Waals surface area contributed by atoms with Crippen molar-refractivity contribution in [1.29, 1.82) is 0 Å². The van der Waals surface area contributed by atoms with E-state index < -0.39 is 11.7 Å². The van der Waals surface area contributed by atoms with Crippen molar-refractivity contribution < 1.29 is 14.0 Å². The molecule has 0 bridgehead atoms. The standard InChI is InChI=1S/C22H20ClFN4O2S2/c23-17-12-16(8-9-18(17)24)28-13-15(11-19(28)29)20(30)25-21-26-27-22(32-21)31-10-4-7-14-5-2-1-3-6-14/h1-3,5-6,8-9,12,15H,4,7,10-11,13H2,(H,25,26,30). The van der Waals surface area contributed by atoms with Gasteiger partial charge < -0.3 is 10.2 Å². The first kappa shape index (κ1) is 22.7. The number of carbonyl (C=O) groups excluding carboxylic acids is 2. The molecule has 4 rings (SSSR count). The Morgan fingerprint density at radius 2 is 2.06 bits per heavy atom. The zero-order valence-corrected chi connectivity index (χ0v) is 19.4. The van der Waals surface area contributed by atoms with Crippen LogP contribution < -0.4 is 10.2 Å². The van der Waals surface area contributed by atoms with E-state index >= 15 is 0 Å². The van der Waals surface area contributed by atoms with E-state index in [0.29, 0.717) is 10.8 Å². The summed E-state index contributed by atoms with van der Waals surface area (Å²) in [5.74, 6) is -0.673. The Hall–Kier alpha value is -2.49. The maximum absolute atomic E-state index is 13.4. The van der Waals surface area contributed by atoms with Crippen LogP contribution in [0.15, 0.2) is 52.9 Å². The number of carbonyl (C=O) groups is 2. The monoisotopic (exact) mass is 490 g/mol. The van der Waals surface area contributed by atoms with Crippen LogP contribution in [0.2, 0.25) is 5.02 Å². The second kappa shape index (κ2) is 10.4. The number of hydrogen-bond acceptors (Lipinski definition) is 6. The molecule has 2 heterocycles. The van der Waals surface area contributed by atoms with Gasteiger partial charge in [0.25, 0.3) is 0 Å². The number of rotatable bonds is 8. The first-order valence-electron chi connectivity index (χ1n) is 10.1. The summed E-state index contributed by atoms with van der Waals surface area (Å²) in [4.78, 5) is 26.5. The molecule has 0 spiro atoms. The highest BCUT2D eigenvalue weighted by molar-refractivity contribution is 8.01. The third-order valence-corrected chi connectivity index (χ3v) is 7.37. The molecule has 0 radical (unpaired) electrons. The van der Waals surface area contributed by atoms with Crippen LogP contribution in [0.25, 0.3) is 0 Å². The van der Waals surface area contributed by atoms with Crippen LogP contribution in [0.1, 0.15) is 18.4 Å². The van der Waals surface area contributed by atoms with E-state index in [2.05, 4.69) is 27.6 Å². The molecule has 1 atom stereocenters. The van der Waals surface area contributed by atoms with Crippen LogP contribution in [-0.4, -0.2) is 34.3 Å². The third-order valence-electron chi connectivity index (χ3n) is 5.03. The molecule has 1 fully saturated rings. The van der Waals surface area contributed by atoms with Crippen LogP contribution in [0.4, 0.5) is 15.2 Å². The molecule has 1 aliphatic heterocycles. The highest BCUT2D eigenvalue weighted by Crippen LogP contribution is 2.30. The molecule has 6 nitrogen and oxygen atoms in total. The van der Waals surface area contributed by atoms with Crippen LogP contribution in [0, 0.1) is 11.7 Å². The minimum Gasteiger partial charge on any atom is -0.312 e. The van der Waals surface area contributed by atoms with Crippen molar-refractivity contribution in [1.82, 2.24) is 10.2 Å². The summed E-state index contributed by atoms with van der Waals surface area (Å²) < 4.78 is 14.2. The number of anilines is 2. The molecule has 166 valence electrons. The molecular weight excluding hydrogens is 471 g/mol. The third kappa shape index (κ3) is 5.65. The average molecular weight is 491 g/mol. The second-order valence-corrected chi connectivity index (χ2v) is 10.0. The van der Waals surface area contributed by atoms with Crippen molar-refractivity contribution in [2.24, 2.45) is 5.92 Å². The van der Waals surface area contributed by atoms with Crippen molar-refractivity contribution in [2.75, 3.05) is 22.5 Å². The van der Waals surface area contributed by atoms with E-state index in [-0.39, 0.29) is 29.8 Å². The van der Waals surface area contributed by atoms with Crippen molar-refractivity contribution in [3.05, 3.63) is 64.9 Å². The average Bonchev–Trinajstić information content (AvgIpc) is 3.40. The maximum atomic E-state index is 13.4. The Labute approximate surface area is 198 Å². The second-order valence-electron chi connectivity index (χ2n) is 7.30. The van der Waals surface area contributed by atoms with E-state index in [4.69, 9.17) is 11.6 Å². The van der Waals surface area contributed by atoms with Gasteiger partial charge in [-0.25, -0.2) is 4.39 Å².